The molecule has 1 fully saturated rings. The van der Waals surface area contributed by atoms with Gasteiger partial charge >= 0.3 is 6.09 Å². The summed E-state index contributed by atoms with van der Waals surface area (Å²) >= 11 is 0. The van der Waals surface area contributed by atoms with Gasteiger partial charge in [0.1, 0.15) is 12.3 Å². The van der Waals surface area contributed by atoms with Crippen molar-refractivity contribution in [3.63, 3.8) is 0 Å². The van der Waals surface area contributed by atoms with Gasteiger partial charge in [0.15, 0.2) is 0 Å². The van der Waals surface area contributed by atoms with E-state index in [1.54, 1.807) is 0 Å². The molecule has 4 heteroatoms. The lowest BCUT2D eigenvalue weighted by Gasteiger charge is -2.16. The van der Waals surface area contributed by atoms with Crippen LogP contribution in [0.25, 0.3) is 0 Å². The molecule has 0 aromatic carbocycles. The Morgan fingerprint density at radius 1 is 1.82 bits per heavy atom. The summed E-state index contributed by atoms with van der Waals surface area (Å²) in [5.74, 6) is 0. The molecule has 11 heavy (non-hydrogen) atoms. The number of carbonyl (C=O) groups is 1. The molecule has 1 atom stereocenters. The number of halogens is 1. The van der Waals surface area contributed by atoms with Crippen LogP contribution < -0.4 is 5.32 Å². The SMILES string of the molecule is CC(C)(F)C[C@@H]1COC(=O)N1. The fourth-order valence-electron chi connectivity index (χ4n) is 1.12. The van der Waals surface area contributed by atoms with Crippen LogP contribution in [-0.2, 0) is 4.74 Å². The van der Waals surface area contributed by atoms with Gasteiger partial charge in [-0.1, -0.05) is 0 Å². The normalized spacial score (nSPS) is 24.6. The number of alkyl carbamates (subject to hydrolysis) is 1. The van der Waals surface area contributed by atoms with Crippen LogP contribution in [0.4, 0.5) is 9.18 Å². The first-order valence-corrected chi connectivity index (χ1v) is 3.59. The quantitative estimate of drug-likeness (QED) is 0.661. The van der Waals surface area contributed by atoms with Crippen LogP contribution in [0.3, 0.4) is 0 Å². The van der Waals surface area contributed by atoms with Crippen LogP contribution >= 0.6 is 0 Å². The largest absolute Gasteiger partial charge is 0.447 e. The van der Waals surface area contributed by atoms with E-state index in [1.807, 2.05) is 0 Å². The van der Waals surface area contributed by atoms with Gasteiger partial charge in [0.05, 0.1) is 6.04 Å². The van der Waals surface area contributed by atoms with E-state index in [1.165, 1.54) is 13.8 Å². The van der Waals surface area contributed by atoms with Crippen molar-refractivity contribution >= 4 is 6.09 Å². The van der Waals surface area contributed by atoms with Gasteiger partial charge in [0, 0.05) is 6.42 Å². The minimum Gasteiger partial charge on any atom is -0.447 e. The maximum absolute atomic E-state index is 13.0. The molecule has 1 aliphatic rings. The summed E-state index contributed by atoms with van der Waals surface area (Å²) in [5, 5.41) is 2.51. The molecule has 0 bridgehead atoms. The highest BCUT2D eigenvalue weighted by molar-refractivity contribution is 5.69. The van der Waals surface area contributed by atoms with Crippen molar-refractivity contribution < 1.29 is 13.9 Å². The lowest BCUT2D eigenvalue weighted by atomic mass is 10.0. The lowest BCUT2D eigenvalue weighted by Crippen LogP contribution is -2.32. The smallest absolute Gasteiger partial charge is 0.407 e. The van der Waals surface area contributed by atoms with Gasteiger partial charge in [-0.2, -0.15) is 0 Å². The van der Waals surface area contributed by atoms with Gasteiger partial charge in [-0.3, -0.25) is 0 Å². The highest BCUT2D eigenvalue weighted by atomic mass is 19.1. The molecule has 0 aliphatic carbocycles. The Hall–Kier alpha value is -0.800. The van der Waals surface area contributed by atoms with Crippen molar-refractivity contribution in [3.8, 4) is 0 Å². The second-order valence-electron chi connectivity index (χ2n) is 3.36. The van der Waals surface area contributed by atoms with E-state index in [-0.39, 0.29) is 12.6 Å². The number of rotatable bonds is 2. The molecule has 1 saturated heterocycles. The highest BCUT2D eigenvalue weighted by Crippen LogP contribution is 2.18. The maximum atomic E-state index is 13.0. The third-order valence-corrected chi connectivity index (χ3v) is 1.47. The van der Waals surface area contributed by atoms with E-state index >= 15 is 0 Å². The summed E-state index contributed by atoms with van der Waals surface area (Å²) in [7, 11) is 0. The number of alkyl halides is 1. The summed E-state index contributed by atoms with van der Waals surface area (Å²) < 4.78 is 17.6. The summed E-state index contributed by atoms with van der Waals surface area (Å²) in [4.78, 5) is 10.5. The monoisotopic (exact) mass is 161 g/mol. The molecule has 1 rings (SSSR count). The van der Waals surface area contributed by atoms with E-state index < -0.39 is 11.8 Å². The Labute approximate surface area is 64.9 Å². The number of cyclic esters (lactones) is 1. The number of ether oxygens (including phenoxy) is 1. The van der Waals surface area contributed by atoms with E-state index in [0.717, 1.165) is 0 Å². The molecule has 0 spiro atoms. The molecule has 64 valence electrons. The molecule has 1 aliphatic heterocycles. The van der Waals surface area contributed by atoms with E-state index in [0.29, 0.717) is 6.42 Å². The summed E-state index contributed by atoms with van der Waals surface area (Å²) in [5.41, 5.74) is -1.24. The predicted octanol–water partition coefficient (Wildman–Crippen LogP) is 1.23. The van der Waals surface area contributed by atoms with Crippen LogP contribution in [0.15, 0.2) is 0 Å². The zero-order chi connectivity index (χ0) is 8.48. The van der Waals surface area contributed by atoms with Gasteiger partial charge in [0.25, 0.3) is 0 Å². The standard InChI is InChI=1S/C7H12FNO2/c1-7(2,8)3-5-4-11-6(10)9-5/h5H,3-4H2,1-2H3,(H,9,10)/t5-/m1/s1. The molecule has 1 heterocycles. The Balaban J connectivity index is 2.34. The topological polar surface area (TPSA) is 38.3 Å². The minimum absolute atomic E-state index is 0.164. The van der Waals surface area contributed by atoms with Crippen molar-refractivity contribution in [2.24, 2.45) is 0 Å². The second-order valence-corrected chi connectivity index (χ2v) is 3.36. The lowest BCUT2D eigenvalue weighted by molar-refractivity contribution is 0.163. The molecule has 0 aromatic rings. The zero-order valence-electron chi connectivity index (χ0n) is 6.69. The van der Waals surface area contributed by atoms with Crippen molar-refractivity contribution in [2.45, 2.75) is 32.0 Å². The summed E-state index contributed by atoms with van der Waals surface area (Å²) in [6, 6.07) is -0.164. The second kappa shape index (κ2) is 2.68. The fourth-order valence-corrected chi connectivity index (χ4v) is 1.12. The first-order valence-electron chi connectivity index (χ1n) is 3.59. The molecule has 0 radical (unpaired) electrons. The predicted molar refractivity (Wildman–Crippen MR) is 38.1 cm³/mol. The molecular weight excluding hydrogens is 149 g/mol. The van der Waals surface area contributed by atoms with E-state index in [4.69, 9.17) is 0 Å². The van der Waals surface area contributed by atoms with Gasteiger partial charge < -0.3 is 10.1 Å². The van der Waals surface area contributed by atoms with Crippen LogP contribution in [-0.4, -0.2) is 24.4 Å². The molecule has 0 saturated carbocycles. The van der Waals surface area contributed by atoms with Gasteiger partial charge in [0.2, 0.25) is 0 Å². The van der Waals surface area contributed by atoms with Crippen molar-refractivity contribution in [2.75, 3.05) is 6.61 Å². The zero-order valence-corrected chi connectivity index (χ0v) is 6.69. The molecule has 0 unspecified atom stereocenters. The summed E-state index contributed by atoms with van der Waals surface area (Å²) in [6.07, 6.45) is -0.141. The molecule has 1 N–H and O–H groups in total. The van der Waals surface area contributed by atoms with Crippen LogP contribution in [0, 0.1) is 0 Å². The van der Waals surface area contributed by atoms with Gasteiger partial charge in [-0.05, 0) is 13.8 Å². The van der Waals surface area contributed by atoms with Gasteiger partial charge in [-0.15, -0.1) is 0 Å². The van der Waals surface area contributed by atoms with Gasteiger partial charge in [-0.25, -0.2) is 9.18 Å². The third-order valence-electron chi connectivity index (χ3n) is 1.47. The first-order chi connectivity index (χ1) is 4.97. The number of carbonyl (C=O) groups excluding carboxylic acids is 1. The number of amides is 1. The van der Waals surface area contributed by atoms with Crippen molar-refractivity contribution in [3.05, 3.63) is 0 Å². The Bertz CT molecular complexity index is 164. The van der Waals surface area contributed by atoms with E-state index in [2.05, 4.69) is 10.1 Å². The molecule has 3 nitrogen and oxygen atoms in total. The van der Waals surface area contributed by atoms with Crippen LogP contribution in [0.5, 0.6) is 0 Å². The summed E-state index contributed by atoms with van der Waals surface area (Å²) in [6.45, 7) is 3.25. The highest BCUT2D eigenvalue weighted by Gasteiger charge is 2.28. The number of hydrogen-bond acceptors (Lipinski definition) is 2. The van der Waals surface area contributed by atoms with Crippen LogP contribution in [0.2, 0.25) is 0 Å². The minimum atomic E-state index is -1.24. The Morgan fingerprint density at radius 3 is 2.82 bits per heavy atom. The Morgan fingerprint density at radius 2 is 2.45 bits per heavy atom. The molecule has 0 aromatic heterocycles. The number of hydrogen-bond donors (Lipinski definition) is 1. The maximum Gasteiger partial charge on any atom is 0.407 e. The first kappa shape index (κ1) is 8.30. The van der Waals surface area contributed by atoms with E-state index in [9.17, 15) is 9.18 Å². The van der Waals surface area contributed by atoms with Crippen molar-refractivity contribution in [1.82, 2.24) is 5.32 Å². The Kier molecular flexibility index (Phi) is 2.02. The van der Waals surface area contributed by atoms with Crippen LogP contribution in [0.1, 0.15) is 20.3 Å². The average molecular weight is 161 g/mol. The van der Waals surface area contributed by atoms with Crippen molar-refractivity contribution in [1.29, 1.82) is 0 Å². The third kappa shape index (κ3) is 2.74. The number of nitrogens with one attached hydrogen (secondary N) is 1. The average Bonchev–Trinajstić information content (AvgIpc) is 2.10. The fraction of sp³-hybridized carbons (Fsp3) is 0.857. The molecular formula is C7H12FNO2. The molecule has 1 amide bonds.